The van der Waals surface area contributed by atoms with E-state index in [-0.39, 0.29) is 24.7 Å². The van der Waals surface area contributed by atoms with Gasteiger partial charge in [-0.2, -0.15) is 0 Å². The number of imide groups is 1. The molecule has 0 radical (unpaired) electrons. The van der Waals surface area contributed by atoms with Gasteiger partial charge in [-0.05, 0) is 49.6 Å². The average Bonchev–Trinajstić information content (AvgIpc) is 3.26. The summed E-state index contributed by atoms with van der Waals surface area (Å²) in [5, 5.41) is 9.23. The number of rotatable bonds is 7. The summed E-state index contributed by atoms with van der Waals surface area (Å²) < 4.78 is 11.6. The first kappa shape index (κ1) is 27.3. The molecule has 10 heteroatoms. The van der Waals surface area contributed by atoms with Gasteiger partial charge >= 0.3 is 0 Å². The lowest BCUT2D eigenvalue weighted by atomic mass is 10.0. The Labute approximate surface area is 221 Å². The third-order valence-electron chi connectivity index (χ3n) is 7.20. The third kappa shape index (κ3) is 6.38. The van der Waals surface area contributed by atoms with Gasteiger partial charge in [0.2, 0.25) is 11.8 Å². The summed E-state index contributed by atoms with van der Waals surface area (Å²) in [6, 6.07) is 13.8. The van der Waals surface area contributed by atoms with Crippen LogP contribution in [0.4, 0.5) is 0 Å². The number of ether oxygens (including phenoxy) is 2. The zero-order valence-corrected chi connectivity index (χ0v) is 21.4. The van der Waals surface area contributed by atoms with E-state index >= 15 is 0 Å². The summed E-state index contributed by atoms with van der Waals surface area (Å²) in [5.74, 6) is -0.250. The Bertz CT molecular complexity index is 1160. The second-order valence-electron chi connectivity index (χ2n) is 9.65. The molecule has 0 aromatic heterocycles. The second kappa shape index (κ2) is 12.7. The molecule has 2 fully saturated rings. The lowest BCUT2D eigenvalue weighted by molar-refractivity contribution is -0.137. The van der Waals surface area contributed by atoms with E-state index in [1.165, 1.54) is 5.56 Å². The minimum atomic E-state index is -0.632. The summed E-state index contributed by atoms with van der Waals surface area (Å²) in [5.41, 5.74) is 3.65. The highest BCUT2D eigenvalue weighted by atomic mass is 16.5. The Morgan fingerprint density at radius 1 is 1.08 bits per heavy atom. The fourth-order valence-corrected chi connectivity index (χ4v) is 5.14. The van der Waals surface area contributed by atoms with Crippen LogP contribution in [0, 0.1) is 0 Å². The van der Waals surface area contributed by atoms with Gasteiger partial charge < -0.3 is 19.5 Å². The van der Waals surface area contributed by atoms with Gasteiger partial charge in [-0.3, -0.25) is 29.4 Å². The topological polar surface area (TPSA) is 125 Å². The number of hydrogen-bond acceptors (Lipinski definition) is 7. The molecule has 0 aliphatic carbocycles. The number of carbonyl (C=O) groups is 4. The molecule has 38 heavy (non-hydrogen) atoms. The molecule has 3 aliphatic rings. The maximum absolute atomic E-state index is 13.0. The van der Waals surface area contributed by atoms with Crippen molar-refractivity contribution in [1.82, 2.24) is 15.1 Å². The minimum Gasteiger partial charge on any atom is -0.489 e. The molecule has 1 atom stereocenters. The number of hydrogen-bond donors (Lipinski definition) is 2. The molecule has 10 nitrogen and oxygen atoms in total. The smallest absolute Gasteiger partial charge is 0.290 e. The summed E-state index contributed by atoms with van der Waals surface area (Å²) in [7, 11) is 2.17. The van der Waals surface area contributed by atoms with Crippen LogP contribution in [0.15, 0.2) is 42.5 Å². The van der Waals surface area contributed by atoms with E-state index in [0.29, 0.717) is 36.9 Å². The van der Waals surface area contributed by atoms with E-state index in [9.17, 15) is 14.4 Å². The predicted molar refractivity (Wildman–Crippen MR) is 137 cm³/mol. The van der Waals surface area contributed by atoms with Crippen molar-refractivity contribution in [3.63, 3.8) is 0 Å². The molecule has 0 spiro atoms. The maximum Gasteiger partial charge on any atom is 0.290 e. The van der Waals surface area contributed by atoms with E-state index in [2.05, 4.69) is 41.5 Å². The normalized spacial score (nSPS) is 19.5. The quantitative estimate of drug-likeness (QED) is 0.419. The first-order chi connectivity index (χ1) is 18.4. The number of benzene rings is 2. The van der Waals surface area contributed by atoms with E-state index in [1.54, 1.807) is 17.0 Å². The van der Waals surface area contributed by atoms with Crippen molar-refractivity contribution in [2.24, 2.45) is 0 Å². The second-order valence-corrected chi connectivity index (χ2v) is 9.65. The van der Waals surface area contributed by atoms with Crippen LogP contribution in [0.5, 0.6) is 5.75 Å². The van der Waals surface area contributed by atoms with Crippen LogP contribution in [-0.4, -0.2) is 71.4 Å². The number of fused-ring (bicyclic) bond motifs is 1. The fourth-order valence-electron chi connectivity index (χ4n) is 5.14. The molecular weight excluding hydrogens is 490 g/mol. The molecule has 202 valence electrons. The Hall–Kier alpha value is -3.76. The highest BCUT2D eigenvalue weighted by Gasteiger charge is 2.40. The molecule has 3 aliphatic heterocycles. The number of nitrogens with zero attached hydrogens (tertiary/aromatic N) is 2. The van der Waals surface area contributed by atoms with Gasteiger partial charge in [-0.25, -0.2) is 0 Å². The molecular formula is C28H33N3O7. The van der Waals surface area contributed by atoms with Crippen molar-refractivity contribution < 1.29 is 33.8 Å². The number of nitrogens with one attached hydrogen (secondary N) is 1. The summed E-state index contributed by atoms with van der Waals surface area (Å²) in [6.45, 7) is 3.01. The summed E-state index contributed by atoms with van der Waals surface area (Å²) in [6.07, 6.45) is 2.73. The predicted octanol–water partition coefficient (Wildman–Crippen LogP) is 2.34. The Morgan fingerprint density at radius 3 is 2.45 bits per heavy atom. The number of carbonyl (C=O) groups excluding carboxylic acids is 3. The lowest BCUT2D eigenvalue weighted by Crippen LogP contribution is -2.52. The zero-order valence-electron chi connectivity index (χ0n) is 21.4. The van der Waals surface area contributed by atoms with Crippen molar-refractivity contribution >= 4 is 24.2 Å². The van der Waals surface area contributed by atoms with Crippen LogP contribution in [-0.2, 0) is 38.8 Å². The van der Waals surface area contributed by atoms with Gasteiger partial charge in [0.15, 0.2) is 0 Å². The third-order valence-corrected chi connectivity index (χ3v) is 7.20. The van der Waals surface area contributed by atoms with Gasteiger partial charge in [0, 0.05) is 43.3 Å². The van der Waals surface area contributed by atoms with Gasteiger partial charge in [-0.15, -0.1) is 0 Å². The van der Waals surface area contributed by atoms with Crippen molar-refractivity contribution in [2.75, 3.05) is 20.3 Å². The molecule has 2 saturated heterocycles. The largest absolute Gasteiger partial charge is 0.489 e. The Kier molecular flexibility index (Phi) is 9.09. The SMILES string of the molecule is CN(Cc1ccc(COc2cccc3c2CN(C2CCC(=O)NC2=O)C3=O)cc1)C1CCOCC1.O=CO. The average molecular weight is 524 g/mol. The summed E-state index contributed by atoms with van der Waals surface area (Å²) >= 11 is 0. The summed E-state index contributed by atoms with van der Waals surface area (Å²) in [4.78, 5) is 49.1. The van der Waals surface area contributed by atoms with E-state index in [1.807, 2.05) is 6.07 Å². The van der Waals surface area contributed by atoms with Gasteiger partial charge in [0.05, 0.1) is 6.54 Å². The molecule has 2 N–H and O–H groups in total. The Balaban J connectivity index is 0.00000107. The highest BCUT2D eigenvalue weighted by molar-refractivity contribution is 6.05. The molecule has 2 aromatic rings. The van der Waals surface area contributed by atoms with Crippen LogP contribution in [0.25, 0.3) is 0 Å². The van der Waals surface area contributed by atoms with Crippen molar-refractivity contribution in [2.45, 2.75) is 57.5 Å². The lowest BCUT2D eigenvalue weighted by Gasteiger charge is -2.31. The molecule has 5 rings (SSSR count). The molecule has 3 amide bonds. The van der Waals surface area contributed by atoms with Gasteiger partial charge in [0.1, 0.15) is 18.4 Å². The van der Waals surface area contributed by atoms with Crippen LogP contribution >= 0.6 is 0 Å². The number of piperidine rings is 1. The zero-order chi connectivity index (χ0) is 27.1. The van der Waals surface area contributed by atoms with Crippen molar-refractivity contribution in [3.05, 3.63) is 64.7 Å². The van der Waals surface area contributed by atoms with Crippen LogP contribution in [0.2, 0.25) is 0 Å². The first-order valence-corrected chi connectivity index (χ1v) is 12.7. The van der Waals surface area contributed by atoms with E-state index in [4.69, 9.17) is 19.4 Å². The molecule has 1 unspecified atom stereocenters. The van der Waals surface area contributed by atoms with Gasteiger partial charge in [0.25, 0.3) is 12.4 Å². The highest BCUT2D eigenvalue weighted by Crippen LogP contribution is 2.34. The molecule has 2 aromatic carbocycles. The standard InChI is InChI=1S/C27H31N3O5.CH2O2/c1-29(20-11-13-34-14-12-20)15-18-5-7-19(8-6-18)17-35-24-4-2-3-21-22(24)16-30(27(21)33)23-9-10-25(31)28-26(23)32;2-1-3/h2-8,20,23H,9-17H2,1H3,(H,28,31,32);1H,(H,2,3). The van der Waals surface area contributed by atoms with Crippen LogP contribution in [0.3, 0.4) is 0 Å². The van der Waals surface area contributed by atoms with Crippen molar-refractivity contribution in [1.29, 1.82) is 0 Å². The number of amides is 3. The Morgan fingerprint density at radius 2 is 1.76 bits per heavy atom. The molecule has 3 heterocycles. The maximum atomic E-state index is 13.0. The van der Waals surface area contributed by atoms with Crippen LogP contribution in [0.1, 0.15) is 52.7 Å². The fraction of sp³-hybridized carbons (Fsp3) is 0.429. The molecule has 0 saturated carbocycles. The van der Waals surface area contributed by atoms with E-state index in [0.717, 1.165) is 43.7 Å². The number of carboxylic acid groups (broad SMARTS) is 1. The van der Waals surface area contributed by atoms with E-state index < -0.39 is 11.9 Å². The van der Waals surface area contributed by atoms with Crippen molar-refractivity contribution in [3.8, 4) is 5.75 Å². The molecule has 0 bridgehead atoms. The van der Waals surface area contributed by atoms with Gasteiger partial charge in [-0.1, -0.05) is 30.3 Å². The minimum absolute atomic E-state index is 0.196. The van der Waals surface area contributed by atoms with Crippen LogP contribution < -0.4 is 10.1 Å². The monoisotopic (exact) mass is 523 g/mol. The first-order valence-electron chi connectivity index (χ1n) is 12.7.